The van der Waals surface area contributed by atoms with Crippen molar-refractivity contribution in [1.82, 2.24) is 15.1 Å². The van der Waals surface area contributed by atoms with Crippen LogP contribution in [0.1, 0.15) is 11.3 Å². The van der Waals surface area contributed by atoms with E-state index < -0.39 is 0 Å². The summed E-state index contributed by atoms with van der Waals surface area (Å²) in [6, 6.07) is 28.2. The molecule has 1 N–H and O–H groups in total. The van der Waals surface area contributed by atoms with Crippen molar-refractivity contribution in [1.29, 1.82) is 0 Å². The maximum absolute atomic E-state index is 5.54. The van der Waals surface area contributed by atoms with Crippen LogP contribution in [0.25, 0.3) is 33.5 Å². The number of rotatable bonds is 5. The Balaban J connectivity index is 1.43. The zero-order valence-corrected chi connectivity index (χ0v) is 16.5. The van der Waals surface area contributed by atoms with Crippen molar-refractivity contribution in [2.24, 2.45) is 0 Å². The van der Waals surface area contributed by atoms with Crippen LogP contribution in [-0.2, 0) is 6.54 Å². The molecule has 30 heavy (non-hydrogen) atoms. The number of fused-ring (bicyclic) bond motifs is 1. The molecule has 5 nitrogen and oxygen atoms in total. The number of anilines is 1. The van der Waals surface area contributed by atoms with E-state index >= 15 is 0 Å². The average Bonchev–Trinajstić information content (AvgIpc) is 3.27. The number of benzene rings is 3. The van der Waals surface area contributed by atoms with E-state index in [1.807, 2.05) is 60.7 Å². The van der Waals surface area contributed by atoms with Gasteiger partial charge in [-0.25, -0.2) is 9.97 Å². The normalized spacial score (nSPS) is 11.0. The first-order chi connectivity index (χ1) is 14.8. The minimum atomic E-state index is 0.480. The number of nitrogens with one attached hydrogen (secondary N) is 1. The van der Waals surface area contributed by atoms with Gasteiger partial charge in [0.05, 0.1) is 12.1 Å². The quantitative estimate of drug-likeness (QED) is 0.405. The highest BCUT2D eigenvalue weighted by molar-refractivity contribution is 5.90. The van der Waals surface area contributed by atoms with Crippen molar-refractivity contribution in [2.45, 2.75) is 13.5 Å². The third-order valence-electron chi connectivity index (χ3n) is 4.97. The van der Waals surface area contributed by atoms with Gasteiger partial charge >= 0.3 is 0 Å². The molecule has 2 aromatic heterocycles. The van der Waals surface area contributed by atoms with E-state index in [4.69, 9.17) is 14.5 Å². The number of aryl methyl sites for hydroxylation is 1. The van der Waals surface area contributed by atoms with Gasteiger partial charge in [-0.3, -0.25) is 0 Å². The number of hydrogen-bond acceptors (Lipinski definition) is 5. The Morgan fingerprint density at radius 2 is 1.57 bits per heavy atom. The van der Waals surface area contributed by atoms with Crippen LogP contribution in [0.5, 0.6) is 0 Å². The Labute approximate surface area is 174 Å². The van der Waals surface area contributed by atoms with Gasteiger partial charge < -0.3 is 9.84 Å². The molecule has 0 atom stereocenters. The number of para-hydroxylation sites is 1. The molecule has 5 aromatic rings. The largest absolute Gasteiger partial charge is 0.362 e. The highest BCUT2D eigenvalue weighted by Crippen LogP contribution is 2.26. The van der Waals surface area contributed by atoms with Gasteiger partial charge in [0, 0.05) is 22.6 Å². The van der Waals surface area contributed by atoms with Crippen molar-refractivity contribution in [3.63, 3.8) is 0 Å². The van der Waals surface area contributed by atoms with Gasteiger partial charge in [0.1, 0.15) is 11.5 Å². The third-order valence-corrected chi connectivity index (χ3v) is 4.97. The topological polar surface area (TPSA) is 63.8 Å². The van der Waals surface area contributed by atoms with Crippen LogP contribution in [0.2, 0.25) is 0 Å². The Hall–Kier alpha value is -3.99. The molecule has 0 aliphatic rings. The first kappa shape index (κ1) is 18.1. The summed E-state index contributed by atoms with van der Waals surface area (Å²) in [4.78, 5) is 9.50. The Morgan fingerprint density at radius 1 is 0.800 bits per heavy atom. The second kappa shape index (κ2) is 7.79. The Kier molecular flexibility index (Phi) is 4.69. The summed E-state index contributed by atoms with van der Waals surface area (Å²) in [5.41, 5.74) is 4.95. The molecule has 0 fully saturated rings. The van der Waals surface area contributed by atoms with Gasteiger partial charge in [0.15, 0.2) is 11.6 Å². The molecule has 0 amide bonds. The molecule has 0 aliphatic carbocycles. The molecule has 0 radical (unpaired) electrons. The molecule has 3 aromatic carbocycles. The van der Waals surface area contributed by atoms with Crippen molar-refractivity contribution >= 4 is 16.7 Å². The highest BCUT2D eigenvalue weighted by atomic mass is 16.5. The van der Waals surface area contributed by atoms with Crippen LogP contribution in [0, 0.1) is 6.92 Å². The highest BCUT2D eigenvalue weighted by Gasteiger charge is 2.11. The van der Waals surface area contributed by atoms with Gasteiger partial charge in [-0.15, -0.1) is 0 Å². The summed E-state index contributed by atoms with van der Waals surface area (Å²) < 4.78 is 5.54. The van der Waals surface area contributed by atoms with Gasteiger partial charge in [-0.05, 0) is 19.1 Å². The van der Waals surface area contributed by atoms with Crippen LogP contribution in [0.15, 0.2) is 89.5 Å². The predicted molar refractivity (Wildman–Crippen MR) is 119 cm³/mol. The van der Waals surface area contributed by atoms with E-state index in [0.717, 1.165) is 39.3 Å². The molecule has 0 saturated heterocycles. The summed E-state index contributed by atoms with van der Waals surface area (Å²) in [6.07, 6.45) is 0. The van der Waals surface area contributed by atoms with E-state index in [-0.39, 0.29) is 0 Å². The van der Waals surface area contributed by atoms with Crippen LogP contribution < -0.4 is 5.32 Å². The van der Waals surface area contributed by atoms with Crippen molar-refractivity contribution in [3.8, 4) is 22.6 Å². The van der Waals surface area contributed by atoms with Crippen LogP contribution in [-0.4, -0.2) is 15.1 Å². The van der Waals surface area contributed by atoms with E-state index in [1.54, 1.807) is 0 Å². The van der Waals surface area contributed by atoms with E-state index in [1.165, 1.54) is 5.56 Å². The second-order valence-corrected chi connectivity index (χ2v) is 7.18. The van der Waals surface area contributed by atoms with Gasteiger partial charge in [0.2, 0.25) is 0 Å². The molecule has 0 saturated carbocycles. The molecular weight excluding hydrogens is 372 g/mol. The van der Waals surface area contributed by atoms with E-state index in [0.29, 0.717) is 12.4 Å². The fourth-order valence-corrected chi connectivity index (χ4v) is 3.36. The lowest BCUT2D eigenvalue weighted by atomic mass is 10.1. The lowest BCUT2D eigenvalue weighted by Gasteiger charge is -2.10. The molecule has 5 heteroatoms. The molecular formula is C25H20N4O. The van der Waals surface area contributed by atoms with E-state index in [9.17, 15) is 0 Å². The number of aromatic nitrogens is 3. The Bertz CT molecular complexity index is 1290. The van der Waals surface area contributed by atoms with Gasteiger partial charge in [-0.2, -0.15) is 0 Å². The SMILES string of the molecule is Cc1ccc(-c2cc(CNc3nc(-c4ccccc4)nc4ccccc34)on2)cc1. The zero-order valence-electron chi connectivity index (χ0n) is 16.5. The van der Waals surface area contributed by atoms with Gasteiger partial charge in [0.25, 0.3) is 0 Å². The minimum absolute atomic E-state index is 0.480. The van der Waals surface area contributed by atoms with Crippen LogP contribution in [0.4, 0.5) is 5.82 Å². The first-order valence-electron chi connectivity index (χ1n) is 9.85. The summed E-state index contributed by atoms with van der Waals surface area (Å²) in [5, 5.41) is 8.58. The zero-order chi connectivity index (χ0) is 20.3. The van der Waals surface area contributed by atoms with Crippen molar-refractivity contribution in [2.75, 3.05) is 5.32 Å². The Morgan fingerprint density at radius 3 is 2.40 bits per heavy atom. The van der Waals surface area contributed by atoms with E-state index in [2.05, 4.69) is 41.7 Å². The lowest BCUT2D eigenvalue weighted by molar-refractivity contribution is 0.390. The smallest absolute Gasteiger partial charge is 0.162 e. The average molecular weight is 392 g/mol. The summed E-state index contributed by atoms with van der Waals surface area (Å²) in [7, 11) is 0. The predicted octanol–water partition coefficient (Wildman–Crippen LogP) is 5.87. The maximum Gasteiger partial charge on any atom is 0.162 e. The maximum atomic E-state index is 5.54. The van der Waals surface area contributed by atoms with Crippen molar-refractivity contribution < 1.29 is 4.52 Å². The van der Waals surface area contributed by atoms with Gasteiger partial charge in [-0.1, -0.05) is 77.5 Å². The molecule has 5 rings (SSSR count). The minimum Gasteiger partial charge on any atom is -0.362 e. The summed E-state index contributed by atoms with van der Waals surface area (Å²) in [5.74, 6) is 2.21. The lowest BCUT2D eigenvalue weighted by Crippen LogP contribution is -2.03. The molecule has 146 valence electrons. The number of hydrogen-bond donors (Lipinski definition) is 1. The fraction of sp³-hybridized carbons (Fsp3) is 0.0800. The fourth-order valence-electron chi connectivity index (χ4n) is 3.36. The second-order valence-electron chi connectivity index (χ2n) is 7.18. The molecule has 0 spiro atoms. The molecule has 0 bridgehead atoms. The molecule has 0 unspecified atom stereocenters. The summed E-state index contributed by atoms with van der Waals surface area (Å²) >= 11 is 0. The molecule has 0 aliphatic heterocycles. The third kappa shape index (κ3) is 3.65. The number of nitrogens with zero attached hydrogens (tertiary/aromatic N) is 3. The van der Waals surface area contributed by atoms with Crippen LogP contribution >= 0.6 is 0 Å². The monoisotopic (exact) mass is 392 g/mol. The standard InChI is InChI=1S/C25H20N4O/c1-17-11-13-18(14-12-17)23-15-20(30-29-23)16-26-25-21-9-5-6-10-22(21)27-24(28-25)19-7-3-2-4-8-19/h2-15H,16H2,1H3,(H,26,27,28). The van der Waals surface area contributed by atoms with Crippen LogP contribution in [0.3, 0.4) is 0 Å². The first-order valence-corrected chi connectivity index (χ1v) is 9.85. The summed E-state index contributed by atoms with van der Waals surface area (Å²) in [6.45, 7) is 2.55. The molecule has 2 heterocycles. The van der Waals surface area contributed by atoms with Crippen molar-refractivity contribution in [3.05, 3.63) is 96.3 Å².